The molecule has 1 aromatic rings. The van der Waals surface area contributed by atoms with Gasteiger partial charge in [0, 0.05) is 17.9 Å². The summed E-state index contributed by atoms with van der Waals surface area (Å²) in [7, 11) is 0. The molecule has 0 N–H and O–H groups in total. The number of aromatic nitrogens is 1. The maximum absolute atomic E-state index is 12.6. The Labute approximate surface area is 126 Å². The topological polar surface area (TPSA) is 59.5 Å². The van der Waals surface area contributed by atoms with Crippen molar-refractivity contribution in [3.05, 3.63) is 30.1 Å². The fourth-order valence-corrected chi connectivity index (χ4v) is 1.76. The predicted octanol–water partition coefficient (Wildman–Crippen LogP) is 2.66. The molecule has 1 amide bonds. The molecule has 5 heteroatoms. The summed E-state index contributed by atoms with van der Waals surface area (Å²) in [4.78, 5) is 30.0. The lowest BCUT2D eigenvalue weighted by Gasteiger charge is -2.35. The van der Waals surface area contributed by atoms with Crippen LogP contribution in [0.3, 0.4) is 0 Å². The summed E-state index contributed by atoms with van der Waals surface area (Å²) in [6.45, 7) is 11.0. The van der Waals surface area contributed by atoms with E-state index in [0.29, 0.717) is 5.56 Å². The molecular weight excluding hydrogens is 268 g/mol. The van der Waals surface area contributed by atoms with Crippen molar-refractivity contribution in [3.8, 4) is 0 Å². The van der Waals surface area contributed by atoms with Crippen molar-refractivity contribution in [3.63, 3.8) is 0 Å². The SMILES string of the molecule is CC(C)(C)OC(=O)CN(C(=O)c1cccnc1)C(C)(C)C. The molecular formula is C16H24N2O3. The molecule has 0 radical (unpaired) electrons. The minimum atomic E-state index is -0.571. The lowest BCUT2D eigenvalue weighted by molar-refractivity contribution is -0.156. The van der Waals surface area contributed by atoms with Crippen molar-refractivity contribution < 1.29 is 14.3 Å². The maximum Gasteiger partial charge on any atom is 0.326 e. The molecule has 0 unspecified atom stereocenters. The fraction of sp³-hybridized carbons (Fsp3) is 0.562. The van der Waals surface area contributed by atoms with Crippen LogP contribution in [-0.4, -0.2) is 39.4 Å². The highest BCUT2D eigenvalue weighted by atomic mass is 16.6. The average molecular weight is 292 g/mol. The number of hydrogen-bond acceptors (Lipinski definition) is 4. The van der Waals surface area contributed by atoms with Crippen LogP contribution in [0, 0.1) is 0 Å². The van der Waals surface area contributed by atoms with Crippen molar-refractivity contribution >= 4 is 11.9 Å². The van der Waals surface area contributed by atoms with Crippen LogP contribution in [0.2, 0.25) is 0 Å². The first kappa shape index (κ1) is 17.1. The lowest BCUT2D eigenvalue weighted by Crippen LogP contribution is -2.49. The van der Waals surface area contributed by atoms with Crippen LogP contribution in [0.5, 0.6) is 0 Å². The van der Waals surface area contributed by atoms with E-state index >= 15 is 0 Å². The van der Waals surface area contributed by atoms with E-state index in [1.54, 1.807) is 39.1 Å². The molecule has 0 fully saturated rings. The molecule has 21 heavy (non-hydrogen) atoms. The van der Waals surface area contributed by atoms with Gasteiger partial charge in [-0.1, -0.05) is 0 Å². The van der Waals surface area contributed by atoms with Gasteiger partial charge in [0.1, 0.15) is 12.1 Å². The number of ether oxygens (including phenoxy) is 1. The Morgan fingerprint density at radius 2 is 1.81 bits per heavy atom. The Hall–Kier alpha value is -1.91. The molecule has 1 aromatic heterocycles. The smallest absolute Gasteiger partial charge is 0.326 e. The van der Waals surface area contributed by atoms with Crippen LogP contribution in [0.15, 0.2) is 24.5 Å². The third-order valence-corrected chi connectivity index (χ3v) is 2.67. The Morgan fingerprint density at radius 3 is 2.24 bits per heavy atom. The van der Waals surface area contributed by atoms with E-state index in [4.69, 9.17) is 4.74 Å². The van der Waals surface area contributed by atoms with E-state index in [1.807, 2.05) is 20.8 Å². The van der Waals surface area contributed by atoms with Crippen molar-refractivity contribution in [2.75, 3.05) is 6.54 Å². The van der Waals surface area contributed by atoms with Gasteiger partial charge in [-0.2, -0.15) is 0 Å². The largest absolute Gasteiger partial charge is 0.459 e. The van der Waals surface area contributed by atoms with E-state index in [9.17, 15) is 9.59 Å². The number of rotatable bonds is 3. The number of carbonyl (C=O) groups is 2. The summed E-state index contributed by atoms with van der Waals surface area (Å²) in [5, 5.41) is 0. The molecule has 0 bridgehead atoms. The van der Waals surface area contributed by atoms with Gasteiger partial charge in [0.2, 0.25) is 0 Å². The third-order valence-electron chi connectivity index (χ3n) is 2.67. The zero-order valence-corrected chi connectivity index (χ0v) is 13.6. The zero-order chi connectivity index (χ0) is 16.3. The summed E-state index contributed by atoms with van der Waals surface area (Å²) in [5.74, 6) is -0.656. The number of esters is 1. The summed E-state index contributed by atoms with van der Waals surface area (Å²) in [6.07, 6.45) is 3.10. The fourth-order valence-electron chi connectivity index (χ4n) is 1.76. The van der Waals surface area contributed by atoms with Crippen molar-refractivity contribution in [2.45, 2.75) is 52.7 Å². The van der Waals surface area contributed by atoms with Crippen LogP contribution >= 0.6 is 0 Å². The minimum Gasteiger partial charge on any atom is -0.459 e. The number of hydrogen-bond donors (Lipinski definition) is 0. The van der Waals surface area contributed by atoms with Gasteiger partial charge in [-0.15, -0.1) is 0 Å². The van der Waals surface area contributed by atoms with Gasteiger partial charge in [0.25, 0.3) is 5.91 Å². The van der Waals surface area contributed by atoms with Gasteiger partial charge in [-0.25, -0.2) is 0 Å². The molecule has 0 aromatic carbocycles. The molecule has 0 spiro atoms. The standard InChI is InChI=1S/C16H24N2O3/c1-15(2,3)18(11-13(19)21-16(4,5)6)14(20)12-8-7-9-17-10-12/h7-10H,11H2,1-6H3. The Kier molecular flexibility index (Phi) is 5.10. The van der Waals surface area contributed by atoms with Gasteiger partial charge in [0.15, 0.2) is 0 Å². The summed E-state index contributed by atoms with van der Waals surface area (Å²) >= 11 is 0. The van der Waals surface area contributed by atoms with Crippen LogP contribution in [0.4, 0.5) is 0 Å². The second kappa shape index (κ2) is 6.24. The van der Waals surface area contributed by atoms with E-state index in [2.05, 4.69) is 4.98 Å². The zero-order valence-electron chi connectivity index (χ0n) is 13.6. The highest BCUT2D eigenvalue weighted by molar-refractivity contribution is 5.96. The minimum absolute atomic E-state index is 0.0888. The van der Waals surface area contributed by atoms with E-state index < -0.39 is 17.1 Å². The molecule has 1 rings (SSSR count). The Bertz CT molecular complexity index is 498. The lowest BCUT2D eigenvalue weighted by atomic mass is 10.0. The number of carbonyl (C=O) groups excluding carboxylic acids is 2. The first-order chi connectivity index (χ1) is 9.50. The molecule has 0 aliphatic heterocycles. The Balaban J connectivity index is 2.93. The van der Waals surface area contributed by atoms with Crippen LogP contribution < -0.4 is 0 Å². The second-order valence-corrected chi connectivity index (χ2v) is 6.89. The van der Waals surface area contributed by atoms with E-state index in [1.165, 1.54) is 11.1 Å². The van der Waals surface area contributed by atoms with E-state index in [0.717, 1.165) is 0 Å². The van der Waals surface area contributed by atoms with E-state index in [-0.39, 0.29) is 12.5 Å². The monoisotopic (exact) mass is 292 g/mol. The Morgan fingerprint density at radius 1 is 1.19 bits per heavy atom. The summed E-state index contributed by atoms with van der Waals surface area (Å²) in [5.41, 5.74) is -0.613. The summed E-state index contributed by atoms with van der Waals surface area (Å²) in [6, 6.07) is 3.38. The molecule has 0 aliphatic rings. The van der Waals surface area contributed by atoms with Crippen molar-refractivity contribution in [2.24, 2.45) is 0 Å². The highest BCUT2D eigenvalue weighted by Gasteiger charge is 2.31. The van der Waals surface area contributed by atoms with Crippen LogP contribution in [-0.2, 0) is 9.53 Å². The van der Waals surface area contributed by atoms with Gasteiger partial charge < -0.3 is 9.64 Å². The number of nitrogens with zero attached hydrogens (tertiary/aromatic N) is 2. The normalized spacial score (nSPS) is 11.9. The first-order valence-electron chi connectivity index (χ1n) is 6.94. The third kappa shape index (κ3) is 5.53. The molecule has 116 valence electrons. The van der Waals surface area contributed by atoms with Crippen molar-refractivity contribution in [1.82, 2.24) is 9.88 Å². The van der Waals surface area contributed by atoms with Crippen LogP contribution in [0.25, 0.3) is 0 Å². The average Bonchev–Trinajstić information content (AvgIpc) is 2.33. The first-order valence-corrected chi connectivity index (χ1v) is 6.94. The molecule has 0 atom stereocenters. The van der Waals surface area contributed by atoms with Crippen molar-refractivity contribution in [1.29, 1.82) is 0 Å². The van der Waals surface area contributed by atoms with Gasteiger partial charge in [0.05, 0.1) is 5.56 Å². The highest BCUT2D eigenvalue weighted by Crippen LogP contribution is 2.18. The molecule has 1 heterocycles. The maximum atomic E-state index is 12.6. The second-order valence-electron chi connectivity index (χ2n) is 6.89. The quantitative estimate of drug-likeness (QED) is 0.804. The molecule has 5 nitrogen and oxygen atoms in total. The molecule has 0 aliphatic carbocycles. The van der Waals surface area contributed by atoms with Gasteiger partial charge >= 0.3 is 5.97 Å². The summed E-state index contributed by atoms with van der Waals surface area (Å²) < 4.78 is 5.30. The van der Waals surface area contributed by atoms with Gasteiger partial charge in [-0.3, -0.25) is 14.6 Å². The molecule has 0 saturated heterocycles. The van der Waals surface area contributed by atoms with Crippen LogP contribution in [0.1, 0.15) is 51.9 Å². The predicted molar refractivity (Wildman–Crippen MR) is 80.9 cm³/mol. The van der Waals surface area contributed by atoms with Gasteiger partial charge in [-0.05, 0) is 53.7 Å². The number of amides is 1. The number of pyridine rings is 1. The molecule has 0 saturated carbocycles.